The molecule has 2 amide bonds. The number of rotatable bonds is 4. The molecule has 22 heavy (non-hydrogen) atoms. The van der Waals surface area contributed by atoms with E-state index in [4.69, 9.17) is 4.74 Å². The van der Waals surface area contributed by atoms with Crippen LogP contribution >= 0.6 is 11.8 Å². The van der Waals surface area contributed by atoms with E-state index >= 15 is 0 Å². The van der Waals surface area contributed by atoms with Crippen molar-refractivity contribution in [1.82, 2.24) is 15.2 Å². The van der Waals surface area contributed by atoms with E-state index in [2.05, 4.69) is 10.3 Å². The molecule has 1 N–H and O–H groups in total. The van der Waals surface area contributed by atoms with E-state index in [9.17, 15) is 9.59 Å². The fraction of sp³-hybridized carbons (Fsp3) is 0.533. The molecule has 118 valence electrons. The van der Waals surface area contributed by atoms with Gasteiger partial charge in [0, 0.05) is 32.0 Å². The van der Waals surface area contributed by atoms with Crippen LogP contribution in [0.15, 0.2) is 18.3 Å². The van der Waals surface area contributed by atoms with Crippen molar-refractivity contribution in [3.8, 4) is 5.88 Å². The molecule has 2 saturated heterocycles. The molecular weight excluding hydrogens is 302 g/mol. The van der Waals surface area contributed by atoms with E-state index in [-0.39, 0.29) is 24.0 Å². The summed E-state index contributed by atoms with van der Waals surface area (Å²) >= 11 is 1.85. The summed E-state index contributed by atoms with van der Waals surface area (Å²) in [5, 5.41) is 2.89. The van der Waals surface area contributed by atoms with Gasteiger partial charge < -0.3 is 15.0 Å². The Labute approximate surface area is 133 Å². The Bertz CT molecular complexity index is 575. The SMILES string of the molecule is CN1CC(NC(=O)c2cccnc2OC2CCSC2)CC1=O. The van der Waals surface area contributed by atoms with Gasteiger partial charge in [-0.05, 0) is 24.3 Å². The molecule has 3 rings (SSSR count). The highest BCUT2D eigenvalue weighted by atomic mass is 32.2. The van der Waals surface area contributed by atoms with Crippen molar-refractivity contribution >= 4 is 23.6 Å². The third-order valence-corrected chi connectivity index (χ3v) is 4.99. The van der Waals surface area contributed by atoms with Crippen LogP contribution in [0.4, 0.5) is 0 Å². The summed E-state index contributed by atoms with van der Waals surface area (Å²) in [6.07, 6.45) is 3.06. The van der Waals surface area contributed by atoms with Crippen LogP contribution in [0.5, 0.6) is 5.88 Å². The predicted octanol–water partition coefficient (Wildman–Crippen LogP) is 0.926. The summed E-state index contributed by atoms with van der Waals surface area (Å²) in [4.78, 5) is 29.8. The summed E-state index contributed by atoms with van der Waals surface area (Å²) < 4.78 is 5.86. The number of nitrogens with one attached hydrogen (secondary N) is 1. The van der Waals surface area contributed by atoms with Gasteiger partial charge in [0.05, 0.1) is 6.04 Å². The average Bonchev–Trinajstić information content (AvgIpc) is 3.10. The Morgan fingerprint density at radius 3 is 3.09 bits per heavy atom. The number of carbonyl (C=O) groups excluding carboxylic acids is 2. The lowest BCUT2D eigenvalue weighted by Gasteiger charge is -2.16. The summed E-state index contributed by atoms with van der Waals surface area (Å²) in [5.74, 6) is 2.21. The second-order valence-electron chi connectivity index (χ2n) is 5.61. The lowest BCUT2D eigenvalue weighted by Crippen LogP contribution is -2.37. The fourth-order valence-electron chi connectivity index (χ4n) is 2.64. The van der Waals surface area contributed by atoms with Gasteiger partial charge in [-0.15, -0.1) is 0 Å². The molecule has 1 aromatic heterocycles. The predicted molar refractivity (Wildman–Crippen MR) is 84.1 cm³/mol. The first-order chi connectivity index (χ1) is 10.6. The van der Waals surface area contributed by atoms with E-state index in [0.29, 0.717) is 24.4 Å². The molecule has 2 unspecified atom stereocenters. The largest absolute Gasteiger partial charge is 0.473 e. The summed E-state index contributed by atoms with van der Waals surface area (Å²) in [6.45, 7) is 0.542. The van der Waals surface area contributed by atoms with Gasteiger partial charge >= 0.3 is 0 Å². The Hall–Kier alpha value is -1.76. The van der Waals surface area contributed by atoms with Crippen molar-refractivity contribution in [2.24, 2.45) is 0 Å². The fourth-order valence-corrected chi connectivity index (χ4v) is 3.74. The first-order valence-corrected chi connectivity index (χ1v) is 8.53. The third kappa shape index (κ3) is 3.35. The third-order valence-electron chi connectivity index (χ3n) is 3.86. The molecule has 6 nitrogen and oxygen atoms in total. The van der Waals surface area contributed by atoms with Crippen LogP contribution in [-0.4, -0.2) is 58.9 Å². The summed E-state index contributed by atoms with van der Waals surface area (Å²) in [7, 11) is 1.74. The highest BCUT2D eigenvalue weighted by molar-refractivity contribution is 7.99. The molecule has 2 aliphatic rings. The number of hydrogen-bond donors (Lipinski definition) is 1. The minimum atomic E-state index is -0.234. The van der Waals surface area contributed by atoms with Crippen LogP contribution in [0, 0.1) is 0 Å². The van der Waals surface area contributed by atoms with Crippen molar-refractivity contribution in [2.75, 3.05) is 25.1 Å². The molecule has 0 aromatic carbocycles. The van der Waals surface area contributed by atoms with Gasteiger partial charge in [-0.1, -0.05) is 0 Å². The Kier molecular flexibility index (Phi) is 4.52. The first kappa shape index (κ1) is 15.1. The van der Waals surface area contributed by atoms with Crippen molar-refractivity contribution in [3.63, 3.8) is 0 Å². The maximum Gasteiger partial charge on any atom is 0.257 e. The normalized spacial score (nSPS) is 24.6. The molecule has 3 heterocycles. The van der Waals surface area contributed by atoms with Crippen molar-refractivity contribution < 1.29 is 14.3 Å². The lowest BCUT2D eigenvalue weighted by molar-refractivity contribution is -0.126. The monoisotopic (exact) mass is 321 g/mol. The van der Waals surface area contributed by atoms with E-state index in [1.54, 1.807) is 30.3 Å². The zero-order chi connectivity index (χ0) is 15.5. The maximum absolute atomic E-state index is 12.4. The van der Waals surface area contributed by atoms with Crippen molar-refractivity contribution in [3.05, 3.63) is 23.9 Å². The molecule has 2 atom stereocenters. The highest BCUT2D eigenvalue weighted by Gasteiger charge is 2.29. The minimum absolute atomic E-state index is 0.0518. The summed E-state index contributed by atoms with van der Waals surface area (Å²) in [5.41, 5.74) is 0.432. The van der Waals surface area contributed by atoms with Crippen LogP contribution in [0.25, 0.3) is 0 Å². The number of pyridine rings is 1. The smallest absolute Gasteiger partial charge is 0.257 e. The Morgan fingerprint density at radius 2 is 2.41 bits per heavy atom. The van der Waals surface area contributed by atoms with Gasteiger partial charge in [0.25, 0.3) is 5.91 Å². The second-order valence-corrected chi connectivity index (χ2v) is 6.76. The zero-order valence-corrected chi connectivity index (χ0v) is 13.3. The maximum atomic E-state index is 12.4. The van der Waals surface area contributed by atoms with Gasteiger partial charge in [0.15, 0.2) is 0 Å². The highest BCUT2D eigenvalue weighted by Crippen LogP contribution is 2.24. The number of thioether (sulfide) groups is 1. The van der Waals surface area contributed by atoms with Gasteiger partial charge in [-0.25, -0.2) is 4.98 Å². The molecule has 7 heteroatoms. The van der Waals surface area contributed by atoms with Gasteiger partial charge in [0.1, 0.15) is 11.7 Å². The number of aromatic nitrogens is 1. The number of ether oxygens (including phenoxy) is 1. The molecular formula is C15H19N3O3S. The first-order valence-electron chi connectivity index (χ1n) is 7.37. The molecule has 2 fully saturated rings. The Balaban J connectivity index is 1.68. The van der Waals surface area contributed by atoms with Crippen LogP contribution in [-0.2, 0) is 4.79 Å². The van der Waals surface area contributed by atoms with Gasteiger partial charge in [0.2, 0.25) is 11.8 Å². The average molecular weight is 321 g/mol. The van der Waals surface area contributed by atoms with Gasteiger partial charge in [-0.2, -0.15) is 11.8 Å². The summed E-state index contributed by atoms with van der Waals surface area (Å²) in [6, 6.07) is 3.28. The molecule has 1 aromatic rings. The standard InChI is InChI=1S/C15H19N3O3S/c1-18-8-10(7-13(18)19)17-14(20)12-3-2-5-16-15(12)21-11-4-6-22-9-11/h2-3,5,10-11H,4,6-9H2,1H3,(H,17,20). The number of hydrogen-bond acceptors (Lipinski definition) is 5. The molecule has 2 aliphatic heterocycles. The van der Waals surface area contributed by atoms with Crippen molar-refractivity contribution in [1.29, 1.82) is 0 Å². The number of carbonyl (C=O) groups is 2. The number of nitrogens with zero attached hydrogens (tertiary/aromatic N) is 2. The number of likely N-dealkylation sites (N-methyl/N-ethyl adjacent to an activating group) is 1. The molecule has 0 spiro atoms. The van der Waals surface area contributed by atoms with E-state index in [1.165, 1.54) is 0 Å². The quantitative estimate of drug-likeness (QED) is 0.893. The number of likely N-dealkylation sites (tertiary alicyclic amines) is 1. The van der Waals surface area contributed by atoms with Crippen LogP contribution in [0.2, 0.25) is 0 Å². The lowest BCUT2D eigenvalue weighted by atomic mass is 10.2. The second kappa shape index (κ2) is 6.56. The molecule has 0 radical (unpaired) electrons. The topological polar surface area (TPSA) is 71.5 Å². The van der Waals surface area contributed by atoms with E-state index in [0.717, 1.165) is 17.9 Å². The van der Waals surface area contributed by atoms with Crippen LogP contribution in [0.1, 0.15) is 23.2 Å². The van der Waals surface area contributed by atoms with E-state index < -0.39 is 0 Å². The zero-order valence-electron chi connectivity index (χ0n) is 12.4. The Morgan fingerprint density at radius 1 is 1.55 bits per heavy atom. The molecule has 0 saturated carbocycles. The minimum Gasteiger partial charge on any atom is -0.473 e. The van der Waals surface area contributed by atoms with Crippen LogP contribution < -0.4 is 10.1 Å². The molecule has 0 aliphatic carbocycles. The van der Waals surface area contributed by atoms with Crippen LogP contribution in [0.3, 0.4) is 0 Å². The van der Waals surface area contributed by atoms with Gasteiger partial charge in [-0.3, -0.25) is 9.59 Å². The van der Waals surface area contributed by atoms with E-state index in [1.807, 2.05) is 11.8 Å². The number of amides is 2. The molecule has 0 bridgehead atoms. The van der Waals surface area contributed by atoms with Crippen molar-refractivity contribution in [2.45, 2.75) is 25.0 Å².